The fourth-order valence-electron chi connectivity index (χ4n) is 2.33. The molecule has 2 heterocycles. The van der Waals surface area contributed by atoms with E-state index in [0.717, 1.165) is 17.0 Å². The molecule has 25 heavy (non-hydrogen) atoms. The van der Waals surface area contributed by atoms with Crippen molar-refractivity contribution < 1.29 is 9.53 Å². The topological polar surface area (TPSA) is 99.9 Å². The normalized spacial score (nSPS) is 10.8. The Morgan fingerprint density at radius 3 is 2.76 bits per heavy atom. The number of hydrogen-bond donors (Lipinski definition) is 3. The number of nitrogens with zero attached hydrogens (tertiary/aromatic N) is 1. The lowest BCUT2D eigenvalue weighted by molar-refractivity contribution is -0.118. The van der Waals surface area contributed by atoms with Crippen LogP contribution >= 0.6 is 11.8 Å². The van der Waals surface area contributed by atoms with Crippen LogP contribution in [0.3, 0.4) is 0 Å². The second kappa shape index (κ2) is 7.43. The van der Waals surface area contributed by atoms with E-state index in [1.807, 2.05) is 31.2 Å². The number of benzene rings is 1. The van der Waals surface area contributed by atoms with E-state index >= 15 is 0 Å². The van der Waals surface area contributed by atoms with Crippen LogP contribution in [0.2, 0.25) is 0 Å². The molecule has 0 aliphatic heterocycles. The fourth-order valence-corrected chi connectivity index (χ4v) is 3.03. The molecule has 1 aromatic carbocycles. The highest BCUT2D eigenvalue weighted by molar-refractivity contribution is 7.99. The third kappa shape index (κ3) is 4.21. The monoisotopic (exact) mass is 358 g/mol. The van der Waals surface area contributed by atoms with Crippen molar-refractivity contribution in [2.45, 2.75) is 18.6 Å². The van der Waals surface area contributed by atoms with E-state index in [1.165, 1.54) is 11.8 Å². The van der Waals surface area contributed by atoms with Crippen molar-refractivity contribution in [3.8, 4) is 5.75 Å². The van der Waals surface area contributed by atoms with Crippen molar-refractivity contribution in [2.75, 3.05) is 12.9 Å². The van der Waals surface area contributed by atoms with Crippen molar-refractivity contribution in [3.05, 3.63) is 51.9 Å². The van der Waals surface area contributed by atoms with E-state index in [-0.39, 0.29) is 17.2 Å². The lowest BCUT2D eigenvalue weighted by Crippen LogP contribution is -2.24. The van der Waals surface area contributed by atoms with Crippen LogP contribution in [-0.2, 0) is 11.3 Å². The number of H-pyrrole nitrogens is 2. The molecule has 0 radical (unpaired) electrons. The molecule has 0 aliphatic carbocycles. The molecule has 2 aromatic heterocycles. The lowest BCUT2D eigenvalue weighted by atomic mass is 10.2. The molecule has 0 saturated carbocycles. The minimum absolute atomic E-state index is 0.131. The van der Waals surface area contributed by atoms with Crippen LogP contribution in [0.4, 0.5) is 0 Å². The van der Waals surface area contributed by atoms with Gasteiger partial charge < -0.3 is 15.0 Å². The third-order valence-corrected chi connectivity index (χ3v) is 4.46. The van der Waals surface area contributed by atoms with Crippen LogP contribution < -0.4 is 15.6 Å². The smallest absolute Gasteiger partial charge is 0.275 e. The van der Waals surface area contributed by atoms with Gasteiger partial charge in [-0.25, -0.2) is 4.98 Å². The molecule has 3 N–H and O–H groups in total. The molecular formula is C17H18N4O3S. The summed E-state index contributed by atoms with van der Waals surface area (Å²) in [5.74, 6) is 0.818. The summed E-state index contributed by atoms with van der Waals surface area (Å²) in [5.41, 5.74) is 2.66. The van der Waals surface area contributed by atoms with E-state index in [0.29, 0.717) is 22.7 Å². The van der Waals surface area contributed by atoms with Crippen molar-refractivity contribution in [3.63, 3.8) is 0 Å². The Balaban J connectivity index is 1.55. The van der Waals surface area contributed by atoms with Gasteiger partial charge in [0.25, 0.3) is 5.56 Å². The molecule has 3 aromatic rings. The zero-order valence-corrected chi connectivity index (χ0v) is 14.7. The number of fused-ring (bicyclic) bond motifs is 1. The van der Waals surface area contributed by atoms with Crippen LogP contribution in [0, 0.1) is 6.92 Å². The Bertz CT molecular complexity index is 947. The minimum Gasteiger partial charge on any atom is -0.497 e. The van der Waals surface area contributed by atoms with Crippen LogP contribution in [0.15, 0.2) is 40.3 Å². The fraction of sp³-hybridized carbons (Fsp3) is 0.235. The van der Waals surface area contributed by atoms with Gasteiger partial charge in [0.05, 0.1) is 18.4 Å². The molecule has 0 atom stereocenters. The number of aromatic amines is 2. The average Bonchev–Trinajstić information content (AvgIpc) is 2.99. The van der Waals surface area contributed by atoms with Crippen molar-refractivity contribution in [2.24, 2.45) is 0 Å². The van der Waals surface area contributed by atoms with Gasteiger partial charge in [-0.2, -0.15) is 0 Å². The summed E-state index contributed by atoms with van der Waals surface area (Å²) in [7, 11) is 1.61. The quantitative estimate of drug-likeness (QED) is 0.462. The van der Waals surface area contributed by atoms with Gasteiger partial charge >= 0.3 is 0 Å². The van der Waals surface area contributed by atoms with Gasteiger partial charge in [-0.05, 0) is 30.7 Å². The summed E-state index contributed by atoms with van der Waals surface area (Å²) in [6, 6.07) is 9.29. The number of nitrogens with one attached hydrogen (secondary N) is 3. The van der Waals surface area contributed by atoms with E-state index in [1.54, 1.807) is 13.2 Å². The molecule has 0 aliphatic rings. The predicted molar refractivity (Wildman–Crippen MR) is 97.0 cm³/mol. The van der Waals surface area contributed by atoms with Crippen LogP contribution in [-0.4, -0.2) is 33.7 Å². The molecule has 0 fully saturated rings. The van der Waals surface area contributed by atoms with Gasteiger partial charge in [0.15, 0.2) is 5.16 Å². The Morgan fingerprint density at radius 2 is 2.04 bits per heavy atom. The van der Waals surface area contributed by atoms with E-state index in [2.05, 4.69) is 20.3 Å². The molecule has 130 valence electrons. The van der Waals surface area contributed by atoms with Gasteiger partial charge in [-0.1, -0.05) is 23.9 Å². The molecule has 3 rings (SSSR count). The number of ether oxygens (including phenoxy) is 1. The van der Waals surface area contributed by atoms with Crippen LogP contribution in [0.25, 0.3) is 11.0 Å². The maximum absolute atomic E-state index is 12.0. The standard InChI is InChI=1S/C17H18N4O3S/c1-10-7-13-15(19-10)16(23)21-17(20-13)25-9-14(22)18-8-11-3-5-12(24-2)6-4-11/h3-7,19H,8-9H2,1-2H3,(H,18,22)(H,20,21,23). The van der Waals surface area contributed by atoms with Gasteiger partial charge in [-0.3, -0.25) is 14.6 Å². The maximum Gasteiger partial charge on any atom is 0.275 e. The van der Waals surface area contributed by atoms with Crippen LogP contribution in [0.1, 0.15) is 11.3 Å². The highest BCUT2D eigenvalue weighted by atomic mass is 32.2. The van der Waals surface area contributed by atoms with E-state index in [9.17, 15) is 9.59 Å². The number of carbonyl (C=O) groups excluding carboxylic acids is 1. The SMILES string of the molecule is COc1ccc(CNC(=O)CSc2nc3cc(C)[nH]c3c(=O)[nH]2)cc1. The molecule has 1 amide bonds. The number of methoxy groups -OCH3 is 1. The largest absolute Gasteiger partial charge is 0.497 e. The van der Waals surface area contributed by atoms with Gasteiger partial charge in [-0.15, -0.1) is 0 Å². The summed E-state index contributed by atoms with van der Waals surface area (Å²) >= 11 is 1.20. The zero-order valence-electron chi connectivity index (χ0n) is 13.9. The number of rotatable bonds is 6. The summed E-state index contributed by atoms with van der Waals surface area (Å²) in [6.45, 7) is 2.30. The van der Waals surface area contributed by atoms with Gasteiger partial charge in [0.1, 0.15) is 11.3 Å². The number of aryl methyl sites for hydroxylation is 1. The van der Waals surface area contributed by atoms with Crippen molar-refractivity contribution in [1.29, 1.82) is 0 Å². The first-order chi connectivity index (χ1) is 12.0. The molecule has 0 bridgehead atoms. The second-order valence-electron chi connectivity index (χ2n) is 5.50. The highest BCUT2D eigenvalue weighted by Gasteiger charge is 2.09. The van der Waals surface area contributed by atoms with E-state index in [4.69, 9.17) is 4.74 Å². The van der Waals surface area contributed by atoms with Gasteiger partial charge in [0, 0.05) is 12.2 Å². The average molecular weight is 358 g/mol. The molecular weight excluding hydrogens is 340 g/mol. The Hall–Kier alpha value is -2.74. The number of hydrogen-bond acceptors (Lipinski definition) is 5. The third-order valence-electron chi connectivity index (χ3n) is 3.59. The minimum atomic E-state index is -0.237. The number of aromatic nitrogens is 3. The molecule has 7 nitrogen and oxygen atoms in total. The number of carbonyl (C=O) groups is 1. The second-order valence-corrected chi connectivity index (χ2v) is 6.46. The summed E-state index contributed by atoms with van der Waals surface area (Å²) in [4.78, 5) is 33.9. The molecule has 0 saturated heterocycles. The highest BCUT2D eigenvalue weighted by Crippen LogP contribution is 2.15. The number of amides is 1. The Labute approximate surface area is 148 Å². The van der Waals surface area contributed by atoms with Crippen LogP contribution in [0.5, 0.6) is 5.75 Å². The Morgan fingerprint density at radius 1 is 1.28 bits per heavy atom. The van der Waals surface area contributed by atoms with Gasteiger partial charge in [0.2, 0.25) is 5.91 Å². The van der Waals surface area contributed by atoms with Crippen molar-refractivity contribution in [1.82, 2.24) is 20.3 Å². The first-order valence-corrected chi connectivity index (χ1v) is 8.66. The summed E-state index contributed by atoms with van der Waals surface area (Å²) in [6.07, 6.45) is 0. The first kappa shape index (κ1) is 17.1. The Kier molecular flexibility index (Phi) is 5.08. The maximum atomic E-state index is 12.0. The number of thioether (sulfide) groups is 1. The molecule has 0 spiro atoms. The summed E-state index contributed by atoms with van der Waals surface area (Å²) < 4.78 is 5.10. The summed E-state index contributed by atoms with van der Waals surface area (Å²) in [5, 5.41) is 3.26. The zero-order chi connectivity index (χ0) is 17.8. The molecule has 8 heteroatoms. The lowest BCUT2D eigenvalue weighted by Gasteiger charge is -2.06. The van der Waals surface area contributed by atoms with E-state index < -0.39 is 0 Å². The molecule has 0 unspecified atom stereocenters. The predicted octanol–water partition coefficient (Wildman–Crippen LogP) is 1.98. The first-order valence-electron chi connectivity index (χ1n) is 7.67. The van der Waals surface area contributed by atoms with Crippen molar-refractivity contribution >= 4 is 28.7 Å².